The zero-order valence-electron chi connectivity index (χ0n) is 29.8. The van der Waals surface area contributed by atoms with Crippen molar-refractivity contribution in [2.75, 3.05) is 33.9 Å². The third-order valence-electron chi connectivity index (χ3n) is 10.4. The lowest BCUT2D eigenvalue weighted by Crippen LogP contribution is -2.37. The molecule has 1 aliphatic carbocycles. The quantitative estimate of drug-likeness (QED) is 0.138. The molecule has 0 saturated carbocycles. The molecule has 4 aromatic rings. The van der Waals surface area contributed by atoms with Gasteiger partial charge in [-0.05, 0) is 61.9 Å². The Balaban J connectivity index is 1.09. The minimum Gasteiger partial charge on any atom is -0.481 e. The van der Waals surface area contributed by atoms with E-state index in [0.29, 0.717) is 72.2 Å². The van der Waals surface area contributed by atoms with Gasteiger partial charge in [0.25, 0.3) is 0 Å². The standard InChI is InChI=1S/C39H42Cl2N6O6/c1-21(42-17-24-10-13-33(48)44-24)35-38(52-3)45-31(18-43-35)29-9-5-8-28(34(29)41)25-6-4-7-27-26(25)11-12-32(27)53-37-30(40)16-23(36(46-37)51-2)20-47-15-14-22(19-47)39(49)50/h4-9,16,18,21-22,24,32,42H,10-15,17,19-20H2,1-3H3,(H,44,48)(H,49,50)/t21-,22+,24-,32-/m0/s1. The van der Waals surface area contributed by atoms with Crippen LogP contribution in [0.4, 0.5) is 0 Å². The molecule has 2 fully saturated rings. The van der Waals surface area contributed by atoms with Gasteiger partial charge in [0.2, 0.25) is 23.5 Å². The molecule has 0 radical (unpaired) electrons. The van der Waals surface area contributed by atoms with Crippen LogP contribution < -0.4 is 24.8 Å². The molecule has 14 heteroatoms. The van der Waals surface area contributed by atoms with Gasteiger partial charge in [0, 0.05) is 48.8 Å². The number of nitrogens with zero attached hydrogens (tertiary/aromatic N) is 4. The zero-order chi connectivity index (χ0) is 37.2. The number of hydrogen-bond acceptors (Lipinski definition) is 10. The fraction of sp³-hybridized carbons (Fsp3) is 0.410. The van der Waals surface area contributed by atoms with Crippen LogP contribution >= 0.6 is 23.2 Å². The van der Waals surface area contributed by atoms with Crippen LogP contribution in [-0.2, 0) is 22.6 Å². The third-order valence-corrected chi connectivity index (χ3v) is 11.0. The maximum Gasteiger partial charge on any atom is 0.307 e. The molecule has 7 rings (SSSR count). The van der Waals surface area contributed by atoms with Gasteiger partial charge in [0.15, 0.2) is 0 Å². The summed E-state index contributed by atoms with van der Waals surface area (Å²) in [5, 5.41) is 16.7. The van der Waals surface area contributed by atoms with Gasteiger partial charge in [-0.25, -0.2) is 4.98 Å². The summed E-state index contributed by atoms with van der Waals surface area (Å²) in [6, 6.07) is 13.8. The molecule has 0 spiro atoms. The van der Waals surface area contributed by atoms with Crippen molar-refractivity contribution in [2.45, 2.75) is 63.8 Å². The number of nitrogens with one attached hydrogen (secondary N) is 2. The van der Waals surface area contributed by atoms with E-state index in [4.69, 9.17) is 47.4 Å². The summed E-state index contributed by atoms with van der Waals surface area (Å²) >= 11 is 13.9. The lowest BCUT2D eigenvalue weighted by Gasteiger charge is -2.20. The van der Waals surface area contributed by atoms with Gasteiger partial charge >= 0.3 is 5.97 Å². The number of methoxy groups -OCH3 is 2. The fourth-order valence-electron chi connectivity index (χ4n) is 7.55. The zero-order valence-corrected chi connectivity index (χ0v) is 31.3. The van der Waals surface area contributed by atoms with E-state index in [0.717, 1.165) is 52.6 Å². The first kappa shape index (κ1) is 36.9. The average Bonchev–Trinajstić information content (AvgIpc) is 3.92. The van der Waals surface area contributed by atoms with Gasteiger partial charge in [-0.2, -0.15) is 4.98 Å². The number of aliphatic carboxylic acids is 1. The SMILES string of the molecule is COc1nc(O[C@H]2CCc3c(-c4cccc(-c5cnc([C@H](C)NC[C@@H]6CCC(=O)N6)c(OC)n5)c4Cl)cccc32)c(Cl)cc1CN1CC[C@@H](C(=O)O)C1. The highest BCUT2D eigenvalue weighted by molar-refractivity contribution is 6.36. The molecule has 278 valence electrons. The van der Waals surface area contributed by atoms with Crippen LogP contribution in [0.15, 0.2) is 48.7 Å². The summed E-state index contributed by atoms with van der Waals surface area (Å²) in [6.07, 6.45) is 4.88. The summed E-state index contributed by atoms with van der Waals surface area (Å²) in [5.41, 5.74) is 6.81. The van der Waals surface area contributed by atoms with E-state index in [-0.39, 0.29) is 35.9 Å². The Kier molecular flexibility index (Phi) is 11.0. The van der Waals surface area contributed by atoms with Crippen molar-refractivity contribution < 1.29 is 28.9 Å². The number of carbonyl (C=O) groups is 2. The number of halogens is 2. The number of fused-ring (bicyclic) bond motifs is 1. The van der Waals surface area contributed by atoms with E-state index in [1.54, 1.807) is 26.5 Å². The van der Waals surface area contributed by atoms with Crippen LogP contribution in [0.1, 0.15) is 67.1 Å². The van der Waals surface area contributed by atoms with E-state index in [9.17, 15) is 14.7 Å². The van der Waals surface area contributed by atoms with Crippen molar-refractivity contribution in [3.63, 3.8) is 0 Å². The number of carboxylic acids is 1. The molecule has 2 aromatic carbocycles. The number of likely N-dealkylation sites (tertiary alicyclic amines) is 1. The second-order valence-corrected chi connectivity index (χ2v) is 14.6. The Bertz CT molecular complexity index is 2030. The summed E-state index contributed by atoms with van der Waals surface area (Å²) < 4.78 is 17.8. The van der Waals surface area contributed by atoms with Crippen LogP contribution in [0.5, 0.6) is 17.6 Å². The van der Waals surface area contributed by atoms with E-state index in [1.807, 2.05) is 31.2 Å². The minimum absolute atomic E-state index is 0.0813. The highest BCUT2D eigenvalue weighted by Gasteiger charge is 2.31. The Morgan fingerprint density at radius 2 is 1.79 bits per heavy atom. The van der Waals surface area contributed by atoms with Gasteiger partial charge in [-0.1, -0.05) is 59.6 Å². The van der Waals surface area contributed by atoms with E-state index in [2.05, 4.69) is 32.7 Å². The summed E-state index contributed by atoms with van der Waals surface area (Å²) in [5.74, 6) is 0.0137. The average molecular weight is 762 g/mol. The Labute approximate surface area is 318 Å². The molecule has 2 aliphatic heterocycles. The third kappa shape index (κ3) is 7.77. The molecule has 53 heavy (non-hydrogen) atoms. The molecule has 0 unspecified atom stereocenters. The highest BCUT2D eigenvalue weighted by atomic mass is 35.5. The van der Waals surface area contributed by atoms with Gasteiger partial charge in [-0.3, -0.25) is 19.5 Å². The number of aromatic nitrogens is 3. The first-order chi connectivity index (χ1) is 25.6. The second-order valence-electron chi connectivity index (χ2n) is 13.8. The van der Waals surface area contributed by atoms with Crippen molar-refractivity contribution in [2.24, 2.45) is 5.92 Å². The molecule has 3 aliphatic rings. The molecule has 0 bridgehead atoms. The van der Waals surface area contributed by atoms with Gasteiger partial charge < -0.3 is 30.0 Å². The Morgan fingerprint density at radius 3 is 2.53 bits per heavy atom. The van der Waals surface area contributed by atoms with Crippen LogP contribution in [0.3, 0.4) is 0 Å². The number of carbonyl (C=O) groups excluding carboxylic acids is 1. The van der Waals surface area contributed by atoms with E-state index >= 15 is 0 Å². The number of benzene rings is 2. The van der Waals surface area contributed by atoms with Crippen LogP contribution in [0, 0.1) is 5.92 Å². The Hall–Kier alpha value is -4.49. The minimum atomic E-state index is -0.776. The number of rotatable bonds is 13. The first-order valence-electron chi connectivity index (χ1n) is 17.8. The number of ether oxygens (including phenoxy) is 3. The molecule has 1 amide bonds. The maximum absolute atomic E-state index is 11.6. The monoisotopic (exact) mass is 760 g/mol. The predicted octanol–water partition coefficient (Wildman–Crippen LogP) is 6.43. The molecular weight excluding hydrogens is 719 g/mol. The van der Waals surface area contributed by atoms with Crippen LogP contribution in [0.2, 0.25) is 10.0 Å². The summed E-state index contributed by atoms with van der Waals surface area (Å²) in [7, 11) is 3.13. The molecule has 2 saturated heterocycles. The molecule has 4 atom stereocenters. The van der Waals surface area contributed by atoms with Gasteiger partial charge in [-0.15, -0.1) is 0 Å². The molecule has 12 nitrogen and oxygen atoms in total. The number of amides is 1. The topological polar surface area (TPSA) is 148 Å². The molecular formula is C39H42Cl2N6O6. The molecule has 2 aromatic heterocycles. The molecule has 4 heterocycles. The second kappa shape index (κ2) is 15.9. The van der Waals surface area contributed by atoms with Gasteiger partial charge in [0.05, 0.1) is 43.1 Å². The smallest absolute Gasteiger partial charge is 0.307 e. The fourth-order valence-corrected chi connectivity index (χ4v) is 8.10. The van der Waals surface area contributed by atoms with Crippen LogP contribution in [0.25, 0.3) is 22.4 Å². The van der Waals surface area contributed by atoms with Crippen molar-refractivity contribution >= 4 is 35.1 Å². The maximum atomic E-state index is 11.6. The largest absolute Gasteiger partial charge is 0.481 e. The van der Waals surface area contributed by atoms with Crippen molar-refractivity contribution in [1.29, 1.82) is 0 Å². The lowest BCUT2D eigenvalue weighted by atomic mass is 9.95. The summed E-state index contributed by atoms with van der Waals surface area (Å²) in [6.45, 7) is 4.25. The predicted molar refractivity (Wildman–Crippen MR) is 201 cm³/mol. The first-order valence-corrected chi connectivity index (χ1v) is 18.6. The van der Waals surface area contributed by atoms with E-state index < -0.39 is 5.97 Å². The highest BCUT2D eigenvalue weighted by Crippen LogP contribution is 2.45. The Morgan fingerprint density at radius 1 is 1.02 bits per heavy atom. The van der Waals surface area contributed by atoms with Gasteiger partial charge in [0.1, 0.15) is 16.8 Å². The normalized spacial score (nSPS) is 20.2. The molecule has 3 N–H and O–H groups in total. The van der Waals surface area contributed by atoms with Crippen LogP contribution in [-0.4, -0.2) is 76.7 Å². The number of carboxylic acid groups (broad SMARTS) is 1. The van der Waals surface area contributed by atoms with Crippen molar-refractivity contribution in [1.82, 2.24) is 30.5 Å². The summed E-state index contributed by atoms with van der Waals surface area (Å²) in [4.78, 5) is 39.3. The number of pyridine rings is 1. The van der Waals surface area contributed by atoms with Crippen molar-refractivity contribution in [3.8, 4) is 40.0 Å². The lowest BCUT2D eigenvalue weighted by molar-refractivity contribution is -0.141. The van der Waals surface area contributed by atoms with Crippen molar-refractivity contribution in [3.05, 3.63) is 81.1 Å². The number of hydrogen-bond donors (Lipinski definition) is 3. The van der Waals surface area contributed by atoms with E-state index in [1.165, 1.54) is 0 Å².